The van der Waals surface area contributed by atoms with Gasteiger partial charge in [0.2, 0.25) is 0 Å². The van der Waals surface area contributed by atoms with Gasteiger partial charge in [-0.15, -0.1) is 0 Å². The van der Waals surface area contributed by atoms with Crippen molar-refractivity contribution < 1.29 is 4.84 Å². The van der Waals surface area contributed by atoms with Crippen LogP contribution in [0.3, 0.4) is 0 Å². The topological polar surface area (TPSA) is 35.2 Å². The zero-order valence-corrected chi connectivity index (χ0v) is 2.69. The molecule has 2 nitrogen and oxygen atoms in total. The lowest BCUT2D eigenvalue weighted by molar-refractivity contribution is 0.185. The summed E-state index contributed by atoms with van der Waals surface area (Å²) in [6, 6.07) is 0. The van der Waals surface area contributed by atoms with Gasteiger partial charge in [-0.1, -0.05) is 0 Å². The molecule has 0 aliphatic heterocycles. The zero-order valence-electron chi connectivity index (χ0n) is 2.69. The van der Waals surface area contributed by atoms with Crippen molar-refractivity contribution in [2.24, 2.45) is 5.90 Å². The Hall–Kier alpha value is -0.0151. The summed E-state index contributed by atoms with van der Waals surface area (Å²) >= 11 is 0. The van der Waals surface area contributed by atoms with Crippen molar-refractivity contribution in [2.45, 2.75) is 0 Å². The van der Waals surface area contributed by atoms with Crippen LogP contribution in [0.4, 0.5) is 0 Å². The molecule has 0 saturated heterocycles. The van der Waals surface area contributed by atoms with Crippen LogP contribution in [0.15, 0.2) is 0 Å². The van der Waals surface area contributed by atoms with Crippen LogP contribution in [-0.4, -0.2) is 14.4 Å². The van der Waals surface area contributed by atoms with E-state index in [0.717, 1.165) is 0 Å². The molecular weight excluding hydrogens is 52.8 g/mol. The Morgan fingerprint density at radius 2 is 2.25 bits per heavy atom. The Bertz CT molecular complexity index is 10.0. The van der Waals surface area contributed by atoms with Crippen molar-refractivity contribution in [2.75, 3.05) is 6.51 Å². The Kier molecular flexibility index (Phi) is 2.97. The van der Waals surface area contributed by atoms with Gasteiger partial charge in [-0.3, -0.25) is 0 Å². The molecule has 0 aliphatic rings. The highest BCUT2D eigenvalue weighted by molar-refractivity contribution is 6.08. The van der Waals surface area contributed by atoms with Gasteiger partial charge in [-0.05, 0) is 0 Å². The lowest BCUT2D eigenvalue weighted by Gasteiger charge is -1.76. The summed E-state index contributed by atoms with van der Waals surface area (Å²) in [6.07, 6.45) is 0. The van der Waals surface area contributed by atoms with Gasteiger partial charge in [0.1, 0.15) is 7.85 Å². The molecule has 0 radical (unpaired) electrons. The normalized spacial score (nSPS) is 7.25. The highest BCUT2D eigenvalue weighted by atomic mass is 16.6. The Morgan fingerprint density at radius 1 is 2.00 bits per heavy atom. The van der Waals surface area contributed by atoms with Crippen molar-refractivity contribution in [3.8, 4) is 0 Å². The minimum atomic E-state index is 0.597. The largest absolute Gasteiger partial charge is 0.314 e. The minimum absolute atomic E-state index is 0.597. The first-order valence-electron chi connectivity index (χ1n) is 1.23. The standard InChI is InChI=1S/CH6BNO/c2-1-4-3/h1-3H2. The smallest absolute Gasteiger partial charge is 0.137 e. The van der Waals surface area contributed by atoms with Crippen LogP contribution in [0.5, 0.6) is 0 Å². The quantitative estimate of drug-likeness (QED) is 0.293. The molecule has 2 N–H and O–H groups in total. The molecule has 0 amide bonds. The predicted molar refractivity (Wildman–Crippen MR) is 18.7 cm³/mol. The van der Waals surface area contributed by atoms with E-state index >= 15 is 0 Å². The first kappa shape index (κ1) is 3.98. The summed E-state index contributed by atoms with van der Waals surface area (Å²) < 4.78 is 0. The van der Waals surface area contributed by atoms with E-state index in [4.69, 9.17) is 0 Å². The fraction of sp³-hybridized carbons (Fsp3) is 1.00. The summed E-state index contributed by atoms with van der Waals surface area (Å²) in [6.45, 7) is 0.597. The van der Waals surface area contributed by atoms with E-state index in [1.54, 1.807) is 0 Å². The molecule has 0 bridgehead atoms. The molecule has 0 aromatic rings. The zero-order chi connectivity index (χ0) is 3.41. The highest BCUT2D eigenvalue weighted by Crippen LogP contribution is 1.36. The molecule has 0 aromatic heterocycles. The van der Waals surface area contributed by atoms with E-state index in [0.29, 0.717) is 6.51 Å². The van der Waals surface area contributed by atoms with Gasteiger partial charge in [0.25, 0.3) is 0 Å². The molecule has 0 spiro atoms. The summed E-state index contributed by atoms with van der Waals surface area (Å²) in [5.41, 5.74) is 0. The van der Waals surface area contributed by atoms with Gasteiger partial charge in [-0.25, -0.2) is 5.90 Å². The Morgan fingerprint density at radius 3 is 2.25 bits per heavy atom. The van der Waals surface area contributed by atoms with Crippen LogP contribution in [0.25, 0.3) is 0 Å². The van der Waals surface area contributed by atoms with E-state index < -0.39 is 0 Å². The minimum Gasteiger partial charge on any atom is -0.314 e. The number of hydrogen-bond donors (Lipinski definition) is 1. The third-order valence-corrected chi connectivity index (χ3v) is 0.167. The van der Waals surface area contributed by atoms with Crippen molar-refractivity contribution in [1.29, 1.82) is 0 Å². The number of nitrogens with two attached hydrogens (primary N) is 1. The summed E-state index contributed by atoms with van der Waals surface area (Å²) in [7, 11) is 1.83. The van der Waals surface area contributed by atoms with Crippen LogP contribution >= 0.6 is 0 Å². The molecule has 24 valence electrons. The first-order chi connectivity index (χ1) is 1.91. The monoisotopic (exact) mass is 59.1 g/mol. The van der Waals surface area contributed by atoms with Gasteiger partial charge >= 0.3 is 0 Å². The van der Waals surface area contributed by atoms with Crippen LogP contribution in [0.1, 0.15) is 0 Å². The maximum atomic E-state index is 4.53. The van der Waals surface area contributed by atoms with Gasteiger partial charge in [0.05, 0.1) is 0 Å². The van der Waals surface area contributed by atoms with Crippen molar-refractivity contribution in [3.05, 3.63) is 0 Å². The molecule has 0 unspecified atom stereocenters. The number of rotatable bonds is 1. The second-order valence-electron chi connectivity index (χ2n) is 0.455. The predicted octanol–water partition coefficient (Wildman–Crippen LogP) is -1.53. The van der Waals surface area contributed by atoms with Crippen molar-refractivity contribution >= 4 is 7.85 Å². The third-order valence-electron chi connectivity index (χ3n) is 0.167. The maximum Gasteiger partial charge on any atom is 0.137 e. The lowest BCUT2D eigenvalue weighted by atomic mass is 10.2. The van der Waals surface area contributed by atoms with E-state index in [1.807, 2.05) is 7.85 Å². The van der Waals surface area contributed by atoms with E-state index in [9.17, 15) is 0 Å². The van der Waals surface area contributed by atoms with Crippen molar-refractivity contribution in [3.63, 3.8) is 0 Å². The molecule has 3 heteroatoms. The number of hydrogen-bond acceptors (Lipinski definition) is 2. The van der Waals surface area contributed by atoms with Crippen LogP contribution in [0, 0.1) is 0 Å². The Labute approximate surface area is 26.3 Å². The van der Waals surface area contributed by atoms with Crippen LogP contribution in [-0.2, 0) is 4.84 Å². The van der Waals surface area contributed by atoms with Gasteiger partial charge < -0.3 is 4.84 Å². The molecule has 0 atom stereocenters. The SMILES string of the molecule is BCON. The molecule has 4 heavy (non-hydrogen) atoms. The molecule has 0 rings (SSSR count). The van der Waals surface area contributed by atoms with Gasteiger partial charge in [-0.2, -0.15) is 0 Å². The molecule has 0 fully saturated rings. The van der Waals surface area contributed by atoms with Crippen LogP contribution in [0.2, 0.25) is 0 Å². The summed E-state index contributed by atoms with van der Waals surface area (Å²) in [5, 5.41) is 0. The maximum absolute atomic E-state index is 4.53. The van der Waals surface area contributed by atoms with E-state index in [-0.39, 0.29) is 0 Å². The average Bonchev–Trinajstić information content (AvgIpc) is 1.37. The fourth-order valence-corrected chi connectivity index (χ4v) is 0. The molecule has 0 heterocycles. The average molecular weight is 58.9 g/mol. The van der Waals surface area contributed by atoms with Gasteiger partial charge in [0.15, 0.2) is 0 Å². The second kappa shape index (κ2) is 2.98. The Balaban J connectivity index is 1.97. The van der Waals surface area contributed by atoms with Crippen LogP contribution < -0.4 is 5.90 Å². The molecular formula is CH6BNO. The highest BCUT2D eigenvalue weighted by Gasteiger charge is 1.54. The van der Waals surface area contributed by atoms with E-state index in [2.05, 4.69) is 10.7 Å². The fourth-order valence-electron chi connectivity index (χ4n) is 0. The van der Waals surface area contributed by atoms with Crippen molar-refractivity contribution in [1.82, 2.24) is 0 Å². The van der Waals surface area contributed by atoms with Gasteiger partial charge in [0, 0.05) is 6.51 Å². The molecule has 0 saturated carbocycles. The second-order valence-corrected chi connectivity index (χ2v) is 0.455. The molecule has 0 aliphatic carbocycles. The molecule has 0 aromatic carbocycles. The summed E-state index contributed by atoms with van der Waals surface area (Å²) in [5.74, 6) is 4.53. The lowest BCUT2D eigenvalue weighted by Crippen LogP contribution is -1.98. The third kappa shape index (κ3) is 1.98. The summed E-state index contributed by atoms with van der Waals surface area (Å²) in [4.78, 5) is 4.04. The van der Waals surface area contributed by atoms with E-state index in [1.165, 1.54) is 0 Å². The first-order valence-corrected chi connectivity index (χ1v) is 1.23.